The van der Waals surface area contributed by atoms with Gasteiger partial charge in [0.2, 0.25) is 0 Å². The van der Waals surface area contributed by atoms with Gasteiger partial charge in [0, 0.05) is 16.8 Å². The van der Waals surface area contributed by atoms with Crippen LogP contribution >= 0.6 is 23.4 Å². The molecule has 2 rings (SSSR count). The Balaban J connectivity index is 2.22. The van der Waals surface area contributed by atoms with Crippen LogP contribution in [0.1, 0.15) is 31.1 Å². The Bertz CT molecular complexity index is 578. The number of thioether (sulfide) groups is 1. The molecule has 0 aliphatic heterocycles. The standard InChI is InChI=1S/C14H18ClN3S/c1-9(2)18-14(13(16)10(3)17-18)19-8-11-6-4-5-7-12(11)15/h4-7,9H,8,16H2,1-3H3. The van der Waals surface area contributed by atoms with E-state index in [1.165, 1.54) is 0 Å². The van der Waals surface area contributed by atoms with Crippen LogP contribution in [0.15, 0.2) is 29.3 Å². The minimum absolute atomic E-state index is 0.296. The SMILES string of the molecule is Cc1nn(C(C)C)c(SCc2ccccc2Cl)c1N. The van der Waals surface area contributed by atoms with Crippen LogP contribution in [-0.4, -0.2) is 9.78 Å². The number of halogens is 1. The Labute approximate surface area is 123 Å². The first-order valence-corrected chi connectivity index (χ1v) is 7.58. The Morgan fingerprint density at radius 2 is 2.05 bits per heavy atom. The smallest absolute Gasteiger partial charge is 0.118 e. The fourth-order valence-electron chi connectivity index (χ4n) is 1.79. The second kappa shape index (κ2) is 5.88. The predicted octanol–water partition coefficient (Wildman–Crippen LogP) is 4.30. The van der Waals surface area contributed by atoms with Gasteiger partial charge >= 0.3 is 0 Å². The second-order valence-corrected chi connectivity index (χ2v) is 6.09. The average molecular weight is 296 g/mol. The number of anilines is 1. The maximum Gasteiger partial charge on any atom is 0.118 e. The number of rotatable bonds is 4. The summed E-state index contributed by atoms with van der Waals surface area (Å²) in [6, 6.07) is 8.17. The van der Waals surface area contributed by atoms with E-state index in [-0.39, 0.29) is 0 Å². The van der Waals surface area contributed by atoms with Crippen LogP contribution in [-0.2, 0) is 5.75 Å². The first kappa shape index (κ1) is 14.3. The van der Waals surface area contributed by atoms with Gasteiger partial charge < -0.3 is 5.73 Å². The number of hydrogen-bond donors (Lipinski definition) is 1. The highest BCUT2D eigenvalue weighted by atomic mass is 35.5. The molecule has 0 aliphatic rings. The number of nitrogen functional groups attached to an aromatic ring is 1. The van der Waals surface area contributed by atoms with Crippen LogP contribution in [0, 0.1) is 6.92 Å². The van der Waals surface area contributed by atoms with Gasteiger partial charge in [0.25, 0.3) is 0 Å². The van der Waals surface area contributed by atoms with E-state index in [0.29, 0.717) is 6.04 Å². The van der Waals surface area contributed by atoms with Crippen LogP contribution < -0.4 is 5.73 Å². The average Bonchev–Trinajstić information content (AvgIpc) is 2.65. The highest BCUT2D eigenvalue weighted by molar-refractivity contribution is 7.98. The number of hydrogen-bond acceptors (Lipinski definition) is 3. The van der Waals surface area contributed by atoms with Crippen molar-refractivity contribution in [2.45, 2.75) is 37.6 Å². The molecule has 1 aromatic heterocycles. The van der Waals surface area contributed by atoms with E-state index in [1.54, 1.807) is 11.8 Å². The Kier molecular flexibility index (Phi) is 4.42. The van der Waals surface area contributed by atoms with Gasteiger partial charge in [0.15, 0.2) is 0 Å². The van der Waals surface area contributed by atoms with Crippen molar-refractivity contribution in [2.24, 2.45) is 0 Å². The Morgan fingerprint density at radius 3 is 2.68 bits per heavy atom. The third-order valence-corrected chi connectivity index (χ3v) is 4.40. The van der Waals surface area contributed by atoms with E-state index in [2.05, 4.69) is 18.9 Å². The third-order valence-electron chi connectivity index (χ3n) is 2.90. The molecule has 5 heteroatoms. The molecule has 0 amide bonds. The van der Waals surface area contributed by atoms with Gasteiger partial charge in [-0.1, -0.05) is 41.6 Å². The van der Waals surface area contributed by atoms with E-state index in [0.717, 1.165) is 32.7 Å². The van der Waals surface area contributed by atoms with Crippen molar-refractivity contribution in [1.29, 1.82) is 0 Å². The lowest BCUT2D eigenvalue weighted by atomic mass is 10.2. The van der Waals surface area contributed by atoms with Crippen molar-refractivity contribution in [3.63, 3.8) is 0 Å². The fraction of sp³-hybridized carbons (Fsp3) is 0.357. The molecule has 0 fully saturated rings. The maximum absolute atomic E-state index is 6.17. The largest absolute Gasteiger partial charge is 0.395 e. The molecule has 0 aliphatic carbocycles. The number of nitrogens with two attached hydrogens (primary N) is 1. The van der Waals surface area contributed by atoms with Crippen molar-refractivity contribution in [3.05, 3.63) is 40.5 Å². The summed E-state index contributed by atoms with van der Waals surface area (Å²) in [7, 11) is 0. The van der Waals surface area contributed by atoms with Gasteiger partial charge in [0.1, 0.15) is 5.03 Å². The molecule has 0 atom stereocenters. The molecule has 1 heterocycles. The maximum atomic E-state index is 6.17. The zero-order chi connectivity index (χ0) is 14.0. The van der Waals surface area contributed by atoms with Crippen molar-refractivity contribution >= 4 is 29.1 Å². The number of benzene rings is 1. The molecule has 2 N–H and O–H groups in total. The molecule has 0 saturated heterocycles. The van der Waals surface area contributed by atoms with Crippen molar-refractivity contribution < 1.29 is 0 Å². The summed E-state index contributed by atoms with van der Waals surface area (Å²) in [5.41, 5.74) is 8.87. The number of nitrogens with zero attached hydrogens (tertiary/aromatic N) is 2. The summed E-state index contributed by atoms with van der Waals surface area (Å²) < 4.78 is 1.98. The van der Waals surface area contributed by atoms with E-state index >= 15 is 0 Å². The predicted molar refractivity (Wildman–Crippen MR) is 82.8 cm³/mol. The lowest BCUT2D eigenvalue weighted by molar-refractivity contribution is 0.491. The lowest BCUT2D eigenvalue weighted by Crippen LogP contribution is -2.05. The normalized spacial score (nSPS) is 11.2. The lowest BCUT2D eigenvalue weighted by Gasteiger charge is -2.11. The molecule has 102 valence electrons. The quantitative estimate of drug-likeness (QED) is 0.855. The number of aromatic nitrogens is 2. The van der Waals surface area contributed by atoms with Gasteiger partial charge in [-0.2, -0.15) is 5.10 Å². The first-order valence-electron chi connectivity index (χ1n) is 6.21. The first-order chi connectivity index (χ1) is 9.00. The summed E-state index contributed by atoms with van der Waals surface area (Å²) >= 11 is 7.85. The molecule has 0 bridgehead atoms. The minimum atomic E-state index is 0.296. The topological polar surface area (TPSA) is 43.8 Å². The van der Waals surface area contributed by atoms with Gasteiger partial charge in [-0.15, -0.1) is 0 Å². The molecule has 2 aromatic rings. The highest BCUT2D eigenvalue weighted by Crippen LogP contribution is 2.33. The number of aryl methyl sites for hydroxylation is 1. The van der Waals surface area contributed by atoms with Gasteiger partial charge in [-0.3, -0.25) is 4.68 Å². The van der Waals surface area contributed by atoms with Crippen LogP contribution in [0.5, 0.6) is 0 Å². The van der Waals surface area contributed by atoms with Gasteiger partial charge in [0.05, 0.1) is 11.4 Å². The van der Waals surface area contributed by atoms with Crippen molar-refractivity contribution in [3.8, 4) is 0 Å². The zero-order valence-corrected chi connectivity index (χ0v) is 12.9. The van der Waals surface area contributed by atoms with Crippen molar-refractivity contribution in [1.82, 2.24) is 9.78 Å². The molecule has 0 unspecified atom stereocenters. The molecule has 0 spiro atoms. The summed E-state index contributed by atoms with van der Waals surface area (Å²) in [4.78, 5) is 0. The molecular formula is C14H18ClN3S. The van der Waals surface area contributed by atoms with E-state index < -0.39 is 0 Å². The van der Waals surface area contributed by atoms with Gasteiger partial charge in [-0.05, 0) is 32.4 Å². The summed E-state index contributed by atoms with van der Waals surface area (Å²) in [5.74, 6) is 0.793. The van der Waals surface area contributed by atoms with E-state index in [4.69, 9.17) is 17.3 Å². The summed E-state index contributed by atoms with van der Waals surface area (Å²) in [6.07, 6.45) is 0. The second-order valence-electron chi connectivity index (χ2n) is 4.72. The molecular weight excluding hydrogens is 278 g/mol. The molecule has 3 nitrogen and oxygen atoms in total. The van der Waals surface area contributed by atoms with Crippen LogP contribution in [0.25, 0.3) is 0 Å². The van der Waals surface area contributed by atoms with Crippen LogP contribution in [0.4, 0.5) is 5.69 Å². The highest BCUT2D eigenvalue weighted by Gasteiger charge is 2.15. The fourth-order valence-corrected chi connectivity index (χ4v) is 3.31. The Morgan fingerprint density at radius 1 is 1.37 bits per heavy atom. The van der Waals surface area contributed by atoms with Gasteiger partial charge in [-0.25, -0.2) is 0 Å². The molecule has 19 heavy (non-hydrogen) atoms. The molecule has 1 aromatic carbocycles. The van der Waals surface area contributed by atoms with Crippen LogP contribution in [0.2, 0.25) is 5.02 Å². The third kappa shape index (κ3) is 3.07. The monoisotopic (exact) mass is 295 g/mol. The zero-order valence-electron chi connectivity index (χ0n) is 11.4. The minimum Gasteiger partial charge on any atom is -0.395 e. The van der Waals surface area contributed by atoms with Crippen molar-refractivity contribution in [2.75, 3.05) is 5.73 Å². The Hall–Kier alpha value is -1.13. The summed E-state index contributed by atoms with van der Waals surface area (Å²) in [6.45, 7) is 6.14. The molecule has 0 saturated carbocycles. The van der Waals surface area contributed by atoms with E-state index in [1.807, 2.05) is 35.9 Å². The van der Waals surface area contributed by atoms with Crippen LogP contribution in [0.3, 0.4) is 0 Å². The molecule has 0 radical (unpaired) electrons. The van der Waals surface area contributed by atoms with E-state index in [9.17, 15) is 0 Å². The summed E-state index contributed by atoms with van der Waals surface area (Å²) in [5, 5.41) is 6.30.